The van der Waals surface area contributed by atoms with Crippen LogP contribution in [-0.2, 0) is 20.9 Å². The van der Waals surface area contributed by atoms with Crippen LogP contribution in [0.1, 0.15) is 5.56 Å². The molecule has 1 aliphatic rings. The fourth-order valence-corrected chi connectivity index (χ4v) is 1.83. The van der Waals surface area contributed by atoms with Crippen LogP contribution in [0.3, 0.4) is 0 Å². The zero-order valence-electron chi connectivity index (χ0n) is 9.28. The number of nitro groups is 1. The van der Waals surface area contributed by atoms with E-state index < -0.39 is 21.6 Å². The number of hydrogen-bond acceptors (Lipinski definition) is 7. The third-order valence-corrected chi connectivity index (χ3v) is 2.75. The summed E-state index contributed by atoms with van der Waals surface area (Å²) in [5, 5.41) is 11.0. The van der Waals surface area contributed by atoms with Crippen molar-refractivity contribution >= 4 is 15.8 Å². The van der Waals surface area contributed by atoms with Crippen molar-refractivity contribution in [3.63, 3.8) is 0 Å². The van der Waals surface area contributed by atoms with E-state index in [4.69, 9.17) is 9.47 Å². The Morgan fingerprint density at radius 2 is 2.17 bits per heavy atom. The van der Waals surface area contributed by atoms with Crippen molar-refractivity contribution in [2.75, 3.05) is 13.0 Å². The molecular weight excluding hydrogens is 266 g/mol. The Kier molecular flexibility index (Phi) is 3.09. The Bertz CT molecular complexity index is 595. The summed E-state index contributed by atoms with van der Waals surface area (Å²) in [5.74, 6) is 0.249. The van der Waals surface area contributed by atoms with E-state index in [-0.39, 0.29) is 29.5 Å². The van der Waals surface area contributed by atoms with Gasteiger partial charge >= 0.3 is 5.69 Å². The number of nitrogens with zero attached hydrogens (tertiary/aromatic N) is 1. The third kappa shape index (κ3) is 2.51. The molecule has 9 heteroatoms. The molecule has 0 aliphatic carbocycles. The number of fused-ring (bicyclic) bond motifs is 1. The molecule has 1 aromatic rings. The zero-order valence-corrected chi connectivity index (χ0v) is 10.1. The van der Waals surface area contributed by atoms with Gasteiger partial charge in [-0.1, -0.05) is 0 Å². The predicted octanol–water partition coefficient (Wildman–Crippen LogP) is 0.800. The van der Waals surface area contributed by atoms with Crippen LogP contribution >= 0.6 is 0 Å². The van der Waals surface area contributed by atoms with E-state index in [0.29, 0.717) is 0 Å². The summed E-state index contributed by atoms with van der Waals surface area (Å²) in [7, 11) is -3.67. The van der Waals surface area contributed by atoms with Gasteiger partial charge in [0.25, 0.3) is 10.1 Å². The molecule has 1 aliphatic heterocycles. The van der Waals surface area contributed by atoms with Crippen LogP contribution in [0, 0.1) is 10.1 Å². The molecule has 0 aromatic heterocycles. The molecule has 18 heavy (non-hydrogen) atoms. The molecule has 98 valence electrons. The van der Waals surface area contributed by atoms with Gasteiger partial charge in [0.1, 0.15) is 0 Å². The summed E-state index contributed by atoms with van der Waals surface area (Å²) in [4.78, 5) is 10.3. The maximum atomic E-state index is 11.0. The predicted molar refractivity (Wildman–Crippen MR) is 58.9 cm³/mol. The number of ether oxygens (including phenoxy) is 2. The highest BCUT2D eigenvalue weighted by molar-refractivity contribution is 7.85. The summed E-state index contributed by atoms with van der Waals surface area (Å²) < 4.78 is 36.3. The van der Waals surface area contributed by atoms with Crippen LogP contribution in [0.5, 0.6) is 11.5 Å². The molecule has 0 saturated carbocycles. The average molecular weight is 275 g/mol. The number of benzene rings is 1. The van der Waals surface area contributed by atoms with Gasteiger partial charge in [-0.05, 0) is 12.1 Å². The Labute approximate surface area is 102 Å². The number of nitro benzene ring substituents is 1. The minimum atomic E-state index is -3.67. The first-order chi connectivity index (χ1) is 8.38. The van der Waals surface area contributed by atoms with Gasteiger partial charge in [0, 0.05) is 0 Å². The lowest BCUT2D eigenvalue weighted by atomic mass is 10.1. The molecule has 8 nitrogen and oxygen atoms in total. The number of hydrogen-bond donors (Lipinski definition) is 0. The molecule has 0 saturated heterocycles. The van der Waals surface area contributed by atoms with Crippen LogP contribution in [0.2, 0.25) is 0 Å². The summed E-state index contributed by atoms with van der Waals surface area (Å²) in [5.41, 5.74) is -0.233. The van der Waals surface area contributed by atoms with Gasteiger partial charge < -0.3 is 9.47 Å². The fraction of sp³-hybridized carbons (Fsp3) is 0.333. The molecule has 0 radical (unpaired) electrons. The van der Waals surface area contributed by atoms with Gasteiger partial charge in [-0.2, -0.15) is 8.42 Å². The van der Waals surface area contributed by atoms with Gasteiger partial charge in [-0.25, -0.2) is 0 Å². The molecule has 1 aromatic carbocycles. The number of rotatable bonds is 4. The molecule has 0 bridgehead atoms. The molecule has 0 unspecified atom stereocenters. The molecule has 0 spiro atoms. The summed E-state index contributed by atoms with van der Waals surface area (Å²) >= 11 is 0. The van der Waals surface area contributed by atoms with Gasteiger partial charge in [0.15, 0.2) is 5.75 Å². The van der Waals surface area contributed by atoms with Crippen LogP contribution < -0.4 is 9.47 Å². The normalized spacial score (nSPS) is 13.6. The molecule has 0 fully saturated rings. The van der Waals surface area contributed by atoms with E-state index in [9.17, 15) is 18.5 Å². The summed E-state index contributed by atoms with van der Waals surface area (Å²) in [6, 6.07) is 2.84. The lowest BCUT2D eigenvalue weighted by Crippen LogP contribution is -2.05. The second-order valence-electron chi connectivity index (χ2n) is 3.53. The summed E-state index contributed by atoms with van der Waals surface area (Å²) in [6.45, 7) is -0.529. The Hall–Kier alpha value is -1.87. The van der Waals surface area contributed by atoms with E-state index in [0.717, 1.165) is 6.26 Å². The van der Waals surface area contributed by atoms with Gasteiger partial charge in [0.2, 0.25) is 12.5 Å². The lowest BCUT2D eigenvalue weighted by molar-refractivity contribution is -0.386. The van der Waals surface area contributed by atoms with Gasteiger partial charge in [-0.15, -0.1) is 0 Å². The van der Waals surface area contributed by atoms with Crippen LogP contribution in [0.4, 0.5) is 5.69 Å². The standard InChI is InChI=1S/C9H9NO7S/c1-18(13,14)17-4-6-2-3-7-9(16-5-15-7)8(6)10(11)12/h2-3H,4-5H2,1H3. The monoisotopic (exact) mass is 275 g/mol. The highest BCUT2D eigenvalue weighted by Crippen LogP contribution is 2.42. The van der Waals surface area contributed by atoms with Crippen LogP contribution in [-0.4, -0.2) is 26.4 Å². The average Bonchev–Trinajstić information content (AvgIpc) is 2.71. The van der Waals surface area contributed by atoms with Crippen molar-refractivity contribution in [2.45, 2.75) is 6.61 Å². The molecule has 0 N–H and O–H groups in total. The van der Waals surface area contributed by atoms with Crippen molar-refractivity contribution in [2.24, 2.45) is 0 Å². The Morgan fingerprint density at radius 3 is 2.78 bits per heavy atom. The molecule has 0 amide bonds. The zero-order chi connectivity index (χ0) is 13.3. The lowest BCUT2D eigenvalue weighted by Gasteiger charge is -2.05. The minimum absolute atomic E-state index is 0.00500. The molecule has 2 rings (SSSR count). The van der Waals surface area contributed by atoms with E-state index in [1.807, 2.05) is 0 Å². The first-order valence-electron chi connectivity index (χ1n) is 4.79. The Balaban J connectivity index is 2.39. The largest absolute Gasteiger partial charge is 0.453 e. The van der Waals surface area contributed by atoms with E-state index in [1.54, 1.807) is 0 Å². The van der Waals surface area contributed by atoms with Crippen molar-refractivity contribution < 1.29 is 27.0 Å². The highest BCUT2D eigenvalue weighted by atomic mass is 32.2. The van der Waals surface area contributed by atoms with E-state index >= 15 is 0 Å². The second kappa shape index (κ2) is 4.42. The maximum Gasteiger partial charge on any atom is 0.320 e. The molecule has 1 heterocycles. The first kappa shape index (κ1) is 12.6. The first-order valence-corrected chi connectivity index (χ1v) is 6.60. The maximum absolute atomic E-state index is 11.0. The highest BCUT2D eigenvalue weighted by Gasteiger charge is 2.29. The van der Waals surface area contributed by atoms with E-state index in [2.05, 4.69) is 4.18 Å². The van der Waals surface area contributed by atoms with Crippen molar-refractivity contribution in [1.82, 2.24) is 0 Å². The molecular formula is C9H9NO7S. The fourth-order valence-electron chi connectivity index (χ4n) is 1.49. The van der Waals surface area contributed by atoms with E-state index in [1.165, 1.54) is 12.1 Å². The quantitative estimate of drug-likeness (QED) is 0.454. The van der Waals surface area contributed by atoms with Crippen LogP contribution in [0.15, 0.2) is 12.1 Å². The second-order valence-corrected chi connectivity index (χ2v) is 5.17. The van der Waals surface area contributed by atoms with Crippen molar-refractivity contribution in [3.05, 3.63) is 27.8 Å². The van der Waals surface area contributed by atoms with Gasteiger partial charge in [-0.3, -0.25) is 14.3 Å². The smallest absolute Gasteiger partial charge is 0.320 e. The van der Waals surface area contributed by atoms with Gasteiger partial charge in [0.05, 0.1) is 23.3 Å². The van der Waals surface area contributed by atoms with Crippen molar-refractivity contribution in [1.29, 1.82) is 0 Å². The topological polar surface area (TPSA) is 105 Å². The van der Waals surface area contributed by atoms with Crippen LogP contribution in [0.25, 0.3) is 0 Å². The minimum Gasteiger partial charge on any atom is -0.453 e. The Morgan fingerprint density at radius 1 is 1.44 bits per heavy atom. The summed E-state index contributed by atoms with van der Waals surface area (Å²) in [6.07, 6.45) is 0.867. The molecule has 0 atom stereocenters. The SMILES string of the molecule is CS(=O)(=O)OCc1ccc2c(c1[N+](=O)[O-])OCO2. The third-order valence-electron chi connectivity index (χ3n) is 2.21. The van der Waals surface area contributed by atoms with Crippen molar-refractivity contribution in [3.8, 4) is 11.5 Å².